The van der Waals surface area contributed by atoms with E-state index in [2.05, 4.69) is 24.1 Å². The van der Waals surface area contributed by atoms with E-state index in [1.54, 1.807) is 0 Å². The molecule has 3 heteroatoms. The van der Waals surface area contributed by atoms with Crippen LogP contribution < -0.4 is 5.32 Å². The highest BCUT2D eigenvalue weighted by atomic mass is 16.3. The highest BCUT2D eigenvalue weighted by Crippen LogP contribution is 2.34. The summed E-state index contributed by atoms with van der Waals surface area (Å²) in [5, 5.41) is 13.3. The van der Waals surface area contributed by atoms with Crippen LogP contribution in [0.2, 0.25) is 0 Å². The van der Waals surface area contributed by atoms with E-state index < -0.39 is 0 Å². The molecule has 2 N–H and O–H groups in total. The van der Waals surface area contributed by atoms with Crippen molar-refractivity contribution >= 4 is 0 Å². The minimum absolute atomic E-state index is 0.0000231. The van der Waals surface area contributed by atoms with Gasteiger partial charge in [-0.1, -0.05) is 6.92 Å². The van der Waals surface area contributed by atoms with Crippen LogP contribution in [0.25, 0.3) is 0 Å². The second-order valence-corrected chi connectivity index (χ2v) is 5.95. The Morgan fingerprint density at radius 3 is 2.76 bits per heavy atom. The number of likely N-dealkylation sites (N-methyl/N-ethyl adjacent to an activating group) is 1. The molecule has 1 heterocycles. The van der Waals surface area contributed by atoms with Crippen LogP contribution in [0.15, 0.2) is 0 Å². The van der Waals surface area contributed by atoms with Gasteiger partial charge in [0, 0.05) is 17.6 Å². The second-order valence-electron chi connectivity index (χ2n) is 5.95. The number of rotatable bonds is 4. The maximum atomic E-state index is 9.72. The normalized spacial score (nSPS) is 39.7. The molecule has 0 aromatic rings. The third-order valence-electron chi connectivity index (χ3n) is 4.75. The third kappa shape index (κ3) is 2.83. The summed E-state index contributed by atoms with van der Waals surface area (Å²) in [5.74, 6) is 0. The first-order valence-electron chi connectivity index (χ1n) is 7.32. The molecule has 0 amide bonds. The zero-order valence-electron chi connectivity index (χ0n) is 11.4. The first kappa shape index (κ1) is 13.3. The average molecular weight is 240 g/mol. The summed E-state index contributed by atoms with van der Waals surface area (Å²) in [4.78, 5) is 2.68. The fourth-order valence-corrected chi connectivity index (χ4v) is 3.85. The minimum Gasteiger partial charge on any atom is -0.394 e. The fraction of sp³-hybridized carbons (Fsp3) is 1.00. The Morgan fingerprint density at radius 2 is 2.18 bits per heavy atom. The van der Waals surface area contributed by atoms with Crippen molar-refractivity contribution in [3.8, 4) is 0 Å². The molecule has 0 spiro atoms. The maximum absolute atomic E-state index is 9.72. The number of aliphatic hydroxyl groups excluding tert-OH is 1. The minimum atomic E-state index is -0.0000231. The maximum Gasteiger partial charge on any atom is 0.0613 e. The van der Waals surface area contributed by atoms with Gasteiger partial charge < -0.3 is 10.4 Å². The van der Waals surface area contributed by atoms with Crippen molar-refractivity contribution in [1.82, 2.24) is 10.2 Å². The second kappa shape index (κ2) is 5.68. The summed E-state index contributed by atoms with van der Waals surface area (Å²) in [7, 11) is 0. The van der Waals surface area contributed by atoms with E-state index in [1.165, 1.54) is 32.2 Å². The molecule has 1 aliphatic heterocycles. The van der Waals surface area contributed by atoms with Crippen molar-refractivity contribution in [2.75, 3.05) is 19.7 Å². The van der Waals surface area contributed by atoms with Gasteiger partial charge in [-0.2, -0.15) is 0 Å². The first-order chi connectivity index (χ1) is 8.21. The van der Waals surface area contributed by atoms with Gasteiger partial charge in [0.25, 0.3) is 0 Å². The monoisotopic (exact) mass is 240 g/mol. The van der Waals surface area contributed by atoms with Crippen molar-refractivity contribution in [2.45, 2.75) is 70.0 Å². The molecule has 1 saturated heterocycles. The lowest BCUT2D eigenvalue weighted by atomic mass is 9.78. The zero-order valence-corrected chi connectivity index (χ0v) is 11.4. The fourth-order valence-electron chi connectivity index (χ4n) is 3.85. The van der Waals surface area contributed by atoms with Gasteiger partial charge >= 0.3 is 0 Å². The van der Waals surface area contributed by atoms with E-state index >= 15 is 0 Å². The molecule has 0 bridgehead atoms. The summed E-state index contributed by atoms with van der Waals surface area (Å²) in [5.41, 5.74) is -0.0000231. The van der Waals surface area contributed by atoms with Crippen molar-refractivity contribution in [3.63, 3.8) is 0 Å². The van der Waals surface area contributed by atoms with E-state index in [0.717, 1.165) is 25.4 Å². The van der Waals surface area contributed by atoms with Crippen molar-refractivity contribution in [2.24, 2.45) is 0 Å². The third-order valence-corrected chi connectivity index (χ3v) is 4.75. The highest BCUT2D eigenvalue weighted by molar-refractivity contribution is 4.97. The van der Waals surface area contributed by atoms with E-state index in [1.807, 2.05) is 0 Å². The highest BCUT2D eigenvalue weighted by Gasteiger charge is 2.39. The lowest BCUT2D eigenvalue weighted by molar-refractivity contribution is 0.0574. The Morgan fingerprint density at radius 1 is 1.35 bits per heavy atom. The van der Waals surface area contributed by atoms with Gasteiger partial charge in [-0.25, -0.2) is 0 Å². The van der Waals surface area contributed by atoms with Crippen LogP contribution in [0, 0.1) is 0 Å². The molecule has 2 aliphatic rings. The van der Waals surface area contributed by atoms with Gasteiger partial charge in [-0.15, -0.1) is 0 Å². The van der Waals surface area contributed by atoms with E-state index in [9.17, 15) is 5.11 Å². The molecule has 0 radical (unpaired) electrons. The number of hydrogen-bond donors (Lipinski definition) is 2. The Labute approximate surface area is 106 Å². The molecule has 3 atom stereocenters. The number of likely N-dealkylation sites (tertiary alicyclic amines) is 1. The van der Waals surface area contributed by atoms with Crippen molar-refractivity contribution in [3.05, 3.63) is 0 Å². The Balaban J connectivity index is 2.00. The number of nitrogens with zero attached hydrogens (tertiary/aromatic N) is 1. The molecule has 3 unspecified atom stereocenters. The van der Waals surface area contributed by atoms with E-state index in [0.29, 0.717) is 12.6 Å². The number of nitrogens with one attached hydrogen (secondary N) is 1. The zero-order chi connectivity index (χ0) is 12.3. The quantitative estimate of drug-likeness (QED) is 0.786. The molecule has 2 fully saturated rings. The van der Waals surface area contributed by atoms with Crippen LogP contribution in [-0.4, -0.2) is 47.3 Å². The lowest BCUT2D eigenvalue weighted by Gasteiger charge is -2.44. The lowest BCUT2D eigenvalue weighted by Crippen LogP contribution is -2.56. The first-order valence-corrected chi connectivity index (χ1v) is 7.32. The Bertz CT molecular complexity index is 242. The van der Waals surface area contributed by atoms with Gasteiger partial charge in [-0.05, 0) is 58.5 Å². The van der Waals surface area contributed by atoms with Crippen LogP contribution in [-0.2, 0) is 0 Å². The van der Waals surface area contributed by atoms with Crippen LogP contribution in [0.1, 0.15) is 52.4 Å². The predicted octanol–water partition coefficient (Wildman–Crippen LogP) is 1.75. The van der Waals surface area contributed by atoms with E-state index in [4.69, 9.17) is 0 Å². The summed E-state index contributed by atoms with van der Waals surface area (Å²) >= 11 is 0. The Hall–Kier alpha value is -0.120. The summed E-state index contributed by atoms with van der Waals surface area (Å²) in [6.07, 6.45) is 7.53. The smallest absolute Gasteiger partial charge is 0.0613 e. The van der Waals surface area contributed by atoms with Crippen LogP contribution >= 0.6 is 0 Å². The van der Waals surface area contributed by atoms with Crippen molar-refractivity contribution < 1.29 is 5.11 Å². The van der Waals surface area contributed by atoms with Crippen LogP contribution in [0.5, 0.6) is 0 Å². The van der Waals surface area contributed by atoms with Crippen molar-refractivity contribution in [1.29, 1.82) is 0 Å². The summed E-state index contributed by atoms with van der Waals surface area (Å²) in [6.45, 7) is 7.01. The van der Waals surface area contributed by atoms with Gasteiger partial charge in [-0.3, -0.25) is 4.90 Å². The molecular formula is C14H28N2O. The SMILES string of the molecule is CCNC1(CO)CCCC(N2CCCC2C)C1. The van der Waals surface area contributed by atoms with Gasteiger partial charge in [0.15, 0.2) is 0 Å². The van der Waals surface area contributed by atoms with Crippen LogP contribution in [0.4, 0.5) is 0 Å². The molecule has 2 rings (SSSR count). The predicted molar refractivity (Wildman–Crippen MR) is 71.2 cm³/mol. The van der Waals surface area contributed by atoms with Gasteiger partial charge in [0.1, 0.15) is 0 Å². The molecule has 17 heavy (non-hydrogen) atoms. The number of aliphatic hydroxyl groups is 1. The standard InChI is InChI=1S/C14H28N2O/c1-3-15-14(11-17)8-4-7-13(10-14)16-9-5-6-12(16)2/h12-13,15,17H,3-11H2,1-2H3. The molecule has 3 nitrogen and oxygen atoms in total. The molecule has 1 saturated carbocycles. The summed E-state index contributed by atoms with van der Waals surface area (Å²) < 4.78 is 0. The molecule has 0 aromatic carbocycles. The van der Waals surface area contributed by atoms with Crippen LogP contribution in [0.3, 0.4) is 0 Å². The molecule has 1 aliphatic carbocycles. The topological polar surface area (TPSA) is 35.5 Å². The average Bonchev–Trinajstić information content (AvgIpc) is 2.76. The van der Waals surface area contributed by atoms with E-state index in [-0.39, 0.29) is 5.54 Å². The summed E-state index contributed by atoms with van der Waals surface area (Å²) in [6, 6.07) is 1.43. The molecule has 0 aromatic heterocycles. The van der Waals surface area contributed by atoms with Gasteiger partial charge in [0.2, 0.25) is 0 Å². The largest absolute Gasteiger partial charge is 0.394 e. The molecular weight excluding hydrogens is 212 g/mol. The molecule has 100 valence electrons. The van der Waals surface area contributed by atoms with Gasteiger partial charge in [0.05, 0.1) is 6.61 Å². The number of hydrogen-bond acceptors (Lipinski definition) is 3. The Kier molecular flexibility index (Phi) is 4.45.